The number of hydrogen-bond donors (Lipinski definition) is 1. The molecule has 0 bridgehead atoms. The lowest BCUT2D eigenvalue weighted by molar-refractivity contribution is 0.185. The summed E-state index contributed by atoms with van der Waals surface area (Å²) in [5, 5.41) is 8.54. The number of aliphatic hydroxyl groups excluding tert-OH is 1. The van der Waals surface area contributed by atoms with Gasteiger partial charge in [-0.1, -0.05) is 6.92 Å². The van der Waals surface area contributed by atoms with Crippen molar-refractivity contribution in [1.82, 2.24) is 4.90 Å². The lowest BCUT2D eigenvalue weighted by Crippen LogP contribution is -2.30. The maximum absolute atomic E-state index is 8.54. The Morgan fingerprint density at radius 1 is 1.56 bits per heavy atom. The van der Waals surface area contributed by atoms with E-state index in [9.17, 15) is 0 Å². The van der Waals surface area contributed by atoms with E-state index in [2.05, 4.69) is 18.7 Å². The summed E-state index contributed by atoms with van der Waals surface area (Å²) in [5.74, 6) is 0. The van der Waals surface area contributed by atoms with Crippen LogP contribution >= 0.6 is 0 Å². The van der Waals surface area contributed by atoms with E-state index in [-0.39, 0.29) is 6.61 Å². The summed E-state index contributed by atoms with van der Waals surface area (Å²) in [6, 6.07) is 0.595. The predicted molar refractivity (Wildman–Crippen MR) is 39.5 cm³/mol. The Morgan fingerprint density at radius 3 is 2.44 bits per heavy atom. The number of likely N-dealkylation sites (N-methyl/N-ethyl adjacent to an activating group) is 1. The van der Waals surface area contributed by atoms with Crippen molar-refractivity contribution >= 4 is 0 Å². The highest BCUT2D eigenvalue weighted by Gasteiger charge is 2.03. The van der Waals surface area contributed by atoms with E-state index >= 15 is 0 Å². The molecule has 56 valence electrons. The highest BCUT2D eigenvalue weighted by molar-refractivity contribution is 4.58. The number of aliphatic hydroxyl groups is 1. The second kappa shape index (κ2) is 4.77. The highest BCUT2D eigenvalue weighted by Crippen LogP contribution is 1.97. The van der Waals surface area contributed by atoms with Gasteiger partial charge in [0.05, 0.1) is 6.61 Å². The molecule has 0 amide bonds. The third kappa shape index (κ3) is 3.49. The number of nitrogens with zero attached hydrogens (tertiary/aromatic N) is 1. The number of rotatable bonds is 4. The molecule has 0 rings (SSSR count). The number of hydrogen-bond acceptors (Lipinski definition) is 2. The van der Waals surface area contributed by atoms with E-state index in [1.807, 2.05) is 7.05 Å². The maximum Gasteiger partial charge on any atom is 0.0558 e. The summed E-state index contributed by atoms with van der Waals surface area (Å²) >= 11 is 0. The zero-order valence-corrected chi connectivity index (χ0v) is 6.59. The van der Waals surface area contributed by atoms with Crippen molar-refractivity contribution in [3.63, 3.8) is 0 Å². The topological polar surface area (TPSA) is 23.5 Å². The molecule has 9 heavy (non-hydrogen) atoms. The first-order valence-corrected chi connectivity index (χ1v) is 3.53. The SMILES string of the molecule is CC[C@@H](C)N(C)CCO. The first-order chi connectivity index (χ1) is 4.22. The van der Waals surface area contributed by atoms with Gasteiger partial charge in [-0.3, -0.25) is 0 Å². The smallest absolute Gasteiger partial charge is 0.0558 e. The van der Waals surface area contributed by atoms with Gasteiger partial charge in [-0.25, -0.2) is 0 Å². The van der Waals surface area contributed by atoms with Crippen LogP contribution in [0.2, 0.25) is 0 Å². The molecule has 0 fully saturated rings. The van der Waals surface area contributed by atoms with Crippen LogP contribution in [0, 0.1) is 0 Å². The molecule has 0 radical (unpaired) electrons. The molecule has 1 N–H and O–H groups in total. The van der Waals surface area contributed by atoms with Gasteiger partial charge in [0, 0.05) is 12.6 Å². The fourth-order valence-corrected chi connectivity index (χ4v) is 0.690. The lowest BCUT2D eigenvalue weighted by Gasteiger charge is -2.21. The van der Waals surface area contributed by atoms with Crippen molar-refractivity contribution in [1.29, 1.82) is 0 Å². The van der Waals surface area contributed by atoms with Gasteiger partial charge in [0.25, 0.3) is 0 Å². The van der Waals surface area contributed by atoms with Crippen molar-refractivity contribution in [3.8, 4) is 0 Å². The molecule has 2 nitrogen and oxygen atoms in total. The predicted octanol–water partition coefficient (Wildman–Crippen LogP) is 0.709. The largest absolute Gasteiger partial charge is 0.395 e. The van der Waals surface area contributed by atoms with E-state index in [0.717, 1.165) is 13.0 Å². The monoisotopic (exact) mass is 131 g/mol. The van der Waals surface area contributed by atoms with Crippen molar-refractivity contribution in [2.45, 2.75) is 26.3 Å². The van der Waals surface area contributed by atoms with Gasteiger partial charge in [0.15, 0.2) is 0 Å². The van der Waals surface area contributed by atoms with Gasteiger partial charge in [-0.15, -0.1) is 0 Å². The third-order valence-electron chi connectivity index (χ3n) is 1.80. The minimum atomic E-state index is 0.265. The first kappa shape index (κ1) is 8.92. The Morgan fingerprint density at radius 2 is 2.11 bits per heavy atom. The van der Waals surface area contributed by atoms with Crippen LogP contribution in [0.25, 0.3) is 0 Å². The van der Waals surface area contributed by atoms with E-state index in [4.69, 9.17) is 5.11 Å². The van der Waals surface area contributed by atoms with E-state index in [1.54, 1.807) is 0 Å². The third-order valence-corrected chi connectivity index (χ3v) is 1.80. The Hall–Kier alpha value is -0.0800. The van der Waals surface area contributed by atoms with Crippen LogP contribution in [-0.2, 0) is 0 Å². The molecule has 0 aromatic heterocycles. The average molecular weight is 131 g/mol. The molecule has 2 heteroatoms. The Balaban J connectivity index is 3.32. The van der Waals surface area contributed by atoms with Crippen molar-refractivity contribution in [2.24, 2.45) is 0 Å². The molecular weight excluding hydrogens is 114 g/mol. The molecule has 0 saturated heterocycles. The van der Waals surface area contributed by atoms with Crippen LogP contribution in [-0.4, -0.2) is 36.2 Å². The molecule has 1 atom stereocenters. The van der Waals surface area contributed by atoms with E-state index in [0.29, 0.717) is 6.04 Å². The molecule has 0 aliphatic heterocycles. The van der Waals surface area contributed by atoms with Gasteiger partial charge < -0.3 is 10.0 Å². The summed E-state index contributed by atoms with van der Waals surface area (Å²) in [7, 11) is 2.03. The molecular formula is C7H17NO. The highest BCUT2D eigenvalue weighted by atomic mass is 16.3. The first-order valence-electron chi connectivity index (χ1n) is 3.53. The summed E-state index contributed by atoms with van der Waals surface area (Å²) < 4.78 is 0. The second-order valence-corrected chi connectivity index (χ2v) is 2.46. The van der Waals surface area contributed by atoms with Crippen LogP contribution < -0.4 is 0 Å². The minimum Gasteiger partial charge on any atom is -0.395 e. The summed E-state index contributed by atoms with van der Waals surface area (Å²) in [6.07, 6.45) is 1.15. The normalized spacial score (nSPS) is 14.3. The van der Waals surface area contributed by atoms with Gasteiger partial charge in [-0.2, -0.15) is 0 Å². The standard InChI is InChI=1S/C7H17NO/c1-4-7(2)8(3)5-6-9/h7,9H,4-6H2,1-3H3/t7-/m1/s1. The molecule has 0 unspecified atom stereocenters. The molecule has 0 spiro atoms. The lowest BCUT2D eigenvalue weighted by atomic mass is 10.2. The van der Waals surface area contributed by atoms with Gasteiger partial charge >= 0.3 is 0 Å². The van der Waals surface area contributed by atoms with Crippen LogP contribution in [0.1, 0.15) is 20.3 Å². The summed E-state index contributed by atoms with van der Waals surface area (Å²) in [6.45, 7) is 5.37. The fraction of sp³-hybridized carbons (Fsp3) is 1.00. The van der Waals surface area contributed by atoms with Gasteiger partial charge in [0.1, 0.15) is 0 Å². The van der Waals surface area contributed by atoms with Crippen molar-refractivity contribution < 1.29 is 5.11 Å². The van der Waals surface area contributed by atoms with Gasteiger partial charge in [-0.05, 0) is 20.4 Å². The fourth-order valence-electron chi connectivity index (χ4n) is 0.690. The van der Waals surface area contributed by atoms with Gasteiger partial charge in [0.2, 0.25) is 0 Å². The zero-order valence-electron chi connectivity index (χ0n) is 6.59. The Bertz CT molecular complexity index is 65.9. The van der Waals surface area contributed by atoms with Crippen LogP contribution in [0.15, 0.2) is 0 Å². The summed E-state index contributed by atoms with van der Waals surface area (Å²) in [4.78, 5) is 2.15. The Kier molecular flexibility index (Phi) is 4.72. The second-order valence-electron chi connectivity index (χ2n) is 2.46. The maximum atomic E-state index is 8.54. The Labute approximate surface area is 57.5 Å². The van der Waals surface area contributed by atoms with E-state index in [1.165, 1.54) is 0 Å². The molecule has 0 heterocycles. The molecule has 0 aromatic carbocycles. The average Bonchev–Trinajstić information content (AvgIpc) is 1.87. The van der Waals surface area contributed by atoms with Crippen LogP contribution in [0.5, 0.6) is 0 Å². The van der Waals surface area contributed by atoms with E-state index < -0.39 is 0 Å². The van der Waals surface area contributed by atoms with Crippen LogP contribution in [0.4, 0.5) is 0 Å². The summed E-state index contributed by atoms with van der Waals surface area (Å²) in [5.41, 5.74) is 0. The van der Waals surface area contributed by atoms with Crippen LogP contribution in [0.3, 0.4) is 0 Å². The van der Waals surface area contributed by atoms with Crippen molar-refractivity contribution in [3.05, 3.63) is 0 Å². The van der Waals surface area contributed by atoms with Crippen molar-refractivity contribution in [2.75, 3.05) is 20.2 Å². The quantitative estimate of drug-likeness (QED) is 0.607. The molecule has 0 aromatic rings. The molecule has 0 aliphatic carbocycles. The molecule has 0 aliphatic rings. The molecule has 0 saturated carbocycles. The minimum absolute atomic E-state index is 0.265. The zero-order chi connectivity index (χ0) is 7.28.